The third-order valence-corrected chi connectivity index (χ3v) is 5.31. The van der Waals surface area contributed by atoms with E-state index in [2.05, 4.69) is 26.9 Å². The summed E-state index contributed by atoms with van der Waals surface area (Å²) in [7, 11) is 0. The van der Waals surface area contributed by atoms with Crippen molar-refractivity contribution < 1.29 is 4.79 Å². The smallest absolute Gasteiger partial charge is 0.233 e. The van der Waals surface area contributed by atoms with Gasteiger partial charge in [0, 0.05) is 24.7 Å². The van der Waals surface area contributed by atoms with E-state index in [0.29, 0.717) is 11.7 Å². The lowest BCUT2D eigenvalue weighted by Gasteiger charge is -2.15. The molecule has 1 aromatic heterocycles. The van der Waals surface area contributed by atoms with E-state index in [9.17, 15) is 4.79 Å². The molecule has 1 saturated carbocycles. The number of rotatable bonds is 5. The van der Waals surface area contributed by atoms with Crippen LogP contribution in [0.4, 0.5) is 0 Å². The van der Waals surface area contributed by atoms with Crippen LogP contribution in [0.5, 0.6) is 0 Å². The SMILES string of the molecule is O=C(CSc1nnc(C2CC2)n1-c1ccccc1)N1CCCC1. The molecule has 0 N–H and O–H groups in total. The average molecular weight is 328 g/mol. The van der Waals surface area contributed by atoms with Gasteiger partial charge in [-0.2, -0.15) is 0 Å². The van der Waals surface area contributed by atoms with Crippen LogP contribution in [-0.4, -0.2) is 44.4 Å². The highest BCUT2D eigenvalue weighted by Gasteiger charge is 2.31. The number of thioether (sulfide) groups is 1. The molecular weight excluding hydrogens is 308 g/mol. The molecule has 0 radical (unpaired) electrons. The van der Waals surface area contributed by atoms with Crippen LogP contribution in [0.2, 0.25) is 0 Å². The summed E-state index contributed by atoms with van der Waals surface area (Å²) in [6, 6.07) is 10.2. The zero-order valence-electron chi connectivity index (χ0n) is 13.0. The second kappa shape index (κ2) is 6.35. The van der Waals surface area contributed by atoms with E-state index in [1.54, 1.807) is 0 Å². The van der Waals surface area contributed by atoms with Gasteiger partial charge in [0.25, 0.3) is 0 Å². The fraction of sp³-hybridized carbons (Fsp3) is 0.471. The monoisotopic (exact) mass is 328 g/mol. The lowest BCUT2D eigenvalue weighted by atomic mass is 10.3. The predicted molar refractivity (Wildman–Crippen MR) is 89.9 cm³/mol. The lowest BCUT2D eigenvalue weighted by Crippen LogP contribution is -2.29. The first-order valence-electron chi connectivity index (χ1n) is 8.24. The van der Waals surface area contributed by atoms with Gasteiger partial charge in [-0.05, 0) is 37.8 Å². The van der Waals surface area contributed by atoms with Gasteiger partial charge < -0.3 is 4.90 Å². The van der Waals surface area contributed by atoms with Crippen LogP contribution in [-0.2, 0) is 4.79 Å². The van der Waals surface area contributed by atoms with Crippen molar-refractivity contribution in [1.82, 2.24) is 19.7 Å². The van der Waals surface area contributed by atoms with E-state index < -0.39 is 0 Å². The number of para-hydroxylation sites is 1. The van der Waals surface area contributed by atoms with Gasteiger partial charge in [-0.1, -0.05) is 30.0 Å². The molecule has 1 aliphatic carbocycles. The molecule has 2 aliphatic rings. The molecule has 4 rings (SSSR count). The molecule has 0 atom stereocenters. The predicted octanol–water partition coefficient (Wildman–Crippen LogP) is 2.86. The van der Waals surface area contributed by atoms with Gasteiger partial charge in [-0.25, -0.2) is 0 Å². The molecule has 1 saturated heterocycles. The number of hydrogen-bond acceptors (Lipinski definition) is 4. The average Bonchev–Trinajstić information content (AvgIpc) is 3.13. The van der Waals surface area contributed by atoms with E-state index >= 15 is 0 Å². The van der Waals surface area contributed by atoms with Crippen molar-refractivity contribution in [1.29, 1.82) is 0 Å². The van der Waals surface area contributed by atoms with Crippen LogP contribution >= 0.6 is 11.8 Å². The fourth-order valence-electron chi connectivity index (χ4n) is 2.98. The van der Waals surface area contributed by atoms with Crippen LogP contribution in [0.1, 0.15) is 37.4 Å². The zero-order chi connectivity index (χ0) is 15.6. The summed E-state index contributed by atoms with van der Waals surface area (Å²) in [5.41, 5.74) is 1.08. The molecule has 2 aromatic rings. The summed E-state index contributed by atoms with van der Waals surface area (Å²) in [6.45, 7) is 1.80. The number of aromatic nitrogens is 3. The summed E-state index contributed by atoms with van der Waals surface area (Å²) in [5, 5.41) is 9.58. The van der Waals surface area contributed by atoms with E-state index in [1.165, 1.54) is 24.6 Å². The first kappa shape index (κ1) is 14.8. The number of carbonyl (C=O) groups excluding carboxylic acids is 1. The van der Waals surface area contributed by atoms with E-state index in [0.717, 1.165) is 42.6 Å². The molecule has 1 amide bonds. The maximum Gasteiger partial charge on any atom is 0.233 e. The maximum atomic E-state index is 12.3. The number of likely N-dealkylation sites (tertiary alicyclic amines) is 1. The van der Waals surface area contributed by atoms with Gasteiger partial charge in [0.1, 0.15) is 5.82 Å². The zero-order valence-corrected chi connectivity index (χ0v) is 13.8. The Hall–Kier alpha value is -1.82. The summed E-state index contributed by atoms with van der Waals surface area (Å²) in [5.74, 6) is 2.21. The van der Waals surface area contributed by atoms with Crippen molar-refractivity contribution in [3.05, 3.63) is 36.2 Å². The first-order chi connectivity index (χ1) is 11.3. The Morgan fingerprint density at radius 1 is 1.13 bits per heavy atom. The summed E-state index contributed by atoms with van der Waals surface area (Å²) < 4.78 is 2.12. The van der Waals surface area contributed by atoms with Crippen molar-refractivity contribution in [2.75, 3.05) is 18.8 Å². The molecule has 0 bridgehead atoms. The minimum atomic E-state index is 0.211. The molecule has 2 fully saturated rings. The van der Waals surface area contributed by atoms with Gasteiger partial charge in [0.15, 0.2) is 5.16 Å². The Labute approximate surface area is 140 Å². The summed E-state index contributed by atoms with van der Waals surface area (Å²) >= 11 is 1.50. The molecule has 6 heteroatoms. The van der Waals surface area contributed by atoms with Crippen LogP contribution in [0.15, 0.2) is 35.5 Å². The Morgan fingerprint density at radius 3 is 2.57 bits per heavy atom. The van der Waals surface area contributed by atoms with Gasteiger partial charge in [0.05, 0.1) is 5.75 Å². The normalized spacial score (nSPS) is 17.7. The van der Waals surface area contributed by atoms with E-state index in [1.807, 2.05) is 23.1 Å². The molecule has 2 heterocycles. The second-order valence-corrected chi connectivity index (χ2v) is 7.11. The molecule has 120 valence electrons. The number of amides is 1. The Kier molecular flexibility index (Phi) is 4.08. The minimum absolute atomic E-state index is 0.211. The Morgan fingerprint density at radius 2 is 1.87 bits per heavy atom. The van der Waals surface area contributed by atoms with Crippen LogP contribution < -0.4 is 0 Å². The third kappa shape index (κ3) is 3.13. The van der Waals surface area contributed by atoms with Gasteiger partial charge >= 0.3 is 0 Å². The topological polar surface area (TPSA) is 51.0 Å². The molecule has 23 heavy (non-hydrogen) atoms. The molecule has 1 aromatic carbocycles. The van der Waals surface area contributed by atoms with Gasteiger partial charge in [-0.3, -0.25) is 9.36 Å². The van der Waals surface area contributed by atoms with Crippen LogP contribution in [0.25, 0.3) is 5.69 Å². The number of carbonyl (C=O) groups is 1. The van der Waals surface area contributed by atoms with Crippen molar-refractivity contribution in [2.45, 2.75) is 36.8 Å². The lowest BCUT2D eigenvalue weighted by molar-refractivity contribution is -0.127. The standard InChI is InChI=1S/C17H20N4OS/c22-15(20-10-4-5-11-20)12-23-17-19-18-16(13-8-9-13)21(17)14-6-2-1-3-7-14/h1-3,6-7,13H,4-5,8-12H2. The largest absolute Gasteiger partial charge is 0.342 e. The molecular formula is C17H20N4OS. The molecule has 5 nitrogen and oxygen atoms in total. The summed E-state index contributed by atoms with van der Waals surface area (Å²) in [6.07, 6.45) is 4.62. The third-order valence-electron chi connectivity index (χ3n) is 4.40. The van der Waals surface area contributed by atoms with Crippen LogP contribution in [0, 0.1) is 0 Å². The van der Waals surface area contributed by atoms with Gasteiger partial charge in [-0.15, -0.1) is 10.2 Å². The number of benzene rings is 1. The van der Waals surface area contributed by atoms with Gasteiger partial charge in [0.2, 0.25) is 5.91 Å². The maximum absolute atomic E-state index is 12.3. The van der Waals surface area contributed by atoms with Crippen molar-refractivity contribution in [3.8, 4) is 5.69 Å². The van der Waals surface area contributed by atoms with Crippen molar-refractivity contribution >= 4 is 17.7 Å². The minimum Gasteiger partial charge on any atom is -0.342 e. The second-order valence-electron chi connectivity index (χ2n) is 6.16. The highest BCUT2D eigenvalue weighted by atomic mass is 32.2. The van der Waals surface area contributed by atoms with E-state index in [-0.39, 0.29) is 5.91 Å². The molecule has 1 aliphatic heterocycles. The van der Waals surface area contributed by atoms with Crippen LogP contribution in [0.3, 0.4) is 0 Å². The van der Waals surface area contributed by atoms with Crippen molar-refractivity contribution in [3.63, 3.8) is 0 Å². The first-order valence-corrected chi connectivity index (χ1v) is 9.23. The van der Waals surface area contributed by atoms with Crippen molar-refractivity contribution in [2.24, 2.45) is 0 Å². The van der Waals surface area contributed by atoms with E-state index in [4.69, 9.17) is 0 Å². The molecule has 0 spiro atoms. The quantitative estimate of drug-likeness (QED) is 0.792. The summed E-state index contributed by atoms with van der Waals surface area (Å²) in [4.78, 5) is 14.2. The Balaban J connectivity index is 1.55. The fourth-order valence-corrected chi connectivity index (χ4v) is 3.85. The molecule has 0 unspecified atom stereocenters. The highest BCUT2D eigenvalue weighted by molar-refractivity contribution is 7.99. The Bertz CT molecular complexity index is 690. The number of hydrogen-bond donors (Lipinski definition) is 0. The highest BCUT2D eigenvalue weighted by Crippen LogP contribution is 2.41. The number of nitrogens with zero attached hydrogens (tertiary/aromatic N) is 4.